The summed E-state index contributed by atoms with van der Waals surface area (Å²) in [6, 6.07) is 0. The maximum atomic E-state index is 13.1. The molecule has 0 aliphatic carbocycles. The number of phosphoric acid groups is 2. The molecular weight excluding hydrogens is 1270 g/mol. The van der Waals surface area contributed by atoms with Crippen LogP contribution >= 0.6 is 15.6 Å². The Morgan fingerprint density at radius 3 is 0.701 bits per heavy atom. The van der Waals surface area contributed by atoms with Crippen molar-refractivity contribution in [2.45, 2.75) is 432 Å². The van der Waals surface area contributed by atoms with Crippen LogP contribution in [0, 0.1) is 5.92 Å². The van der Waals surface area contributed by atoms with Gasteiger partial charge in [-0.3, -0.25) is 37.3 Å². The molecule has 0 amide bonds. The summed E-state index contributed by atoms with van der Waals surface area (Å²) in [5.74, 6) is -1.33. The summed E-state index contributed by atoms with van der Waals surface area (Å²) in [7, 11) is -9.91. The second-order valence-corrected chi connectivity index (χ2v) is 31.5. The molecule has 0 saturated carbocycles. The van der Waals surface area contributed by atoms with Gasteiger partial charge in [0.05, 0.1) is 26.4 Å². The third kappa shape index (κ3) is 72.2. The summed E-state index contributed by atoms with van der Waals surface area (Å²) in [5.41, 5.74) is 0. The maximum Gasteiger partial charge on any atom is 0.472 e. The molecule has 0 aromatic rings. The number of aliphatic hydroxyl groups is 1. The molecule has 0 aliphatic rings. The average molecular weight is 1420 g/mol. The molecule has 3 N–H and O–H groups in total. The van der Waals surface area contributed by atoms with Gasteiger partial charge in [-0.15, -0.1) is 0 Å². The fraction of sp³-hybridized carbons (Fsp3) is 0.949. The fourth-order valence-corrected chi connectivity index (χ4v) is 13.6. The van der Waals surface area contributed by atoms with E-state index in [0.717, 1.165) is 95.8 Å². The van der Waals surface area contributed by atoms with Crippen molar-refractivity contribution in [1.29, 1.82) is 0 Å². The first-order valence-electron chi connectivity index (χ1n) is 40.6. The smallest absolute Gasteiger partial charge is 0.462 e. The Morgan fingerprint density at radius 1 is 0.278 bits per heavy atom. The van der Waals surface area contributed by atoms with Crippen molar-refractivity contribution in [3.05, 3.63) is 0 Å². The highest BCUT2D eigenvalue weighted by atomic mass is 31.2. The molecule has 97 heavy (non-hydrogen) atoms. The number of unbranched alkanes of at least 4 members (excludes halogenated alkanes) is 50. The van der Waals surface area contributed by atoms with Gasteiger partial charge in [0, 0.05) is 25.7 Å². The summed E-state index contributed by atoms with van der Waals surface area (Å²) in [6.45, 7) is 7.33. The Morgan fingerprint density at radius 2 is 0.474 bits per heavy atom. The molecule has 0 rings (SSSR count). The second-order valence-electron chi connectivity index (χ2n) is 28.6. The van der Waals surface area contributed by atoms with Gasteiger partial charge in [-0.2, -0.15) is 0 Å². The van der Waals surface area contributed by atoms with E-state index >= 15 is 0 Å². The maximum absolute atomic E-state index is 13.1. The summed E-state index contributed by atoms with van der Waals surface area (Å²) in [5, 5.41) is 10.6. The second kappa shape index (κ2) is 71.1. The van der Waals surface area contributed by atoms with Gasteiger partial charge in [0.2, 0.25) is 0 Å². The van der Waals surface area contributed by atoms with E-state index in [1.807, 2.05) is 0 Å². The van der Waals surface area contributed by atoms with Gasteiger partial charge < -0.3 is 33.8 Å². The van der Waals surface area contributed by atoms with E-state index in [0.29, 0.717) is 25.7 Å². The Labute approximate surface area is 594 Å². The number of hydrogen-bond donors (Lipinski definition) is 3. The number of esters is 4. The van der Waals surface area contributed by atoms with Gasteiger partial charge in [-0.05, 0) is 31.6 Å². The number of carbonyl (C=O) groups is 4. The quantitative estimate of drug-likeness (QED) is 0.0222. The standard InChI is InChI=1S/C78H152O17P2/c1-6-9-12-15-18-21-24-27-28-29-30-32-39-44-49-54-59-64-78(83)95-74(68-89-76(81)62-57-52-47-42-37-34-33-35-40-45-50-55-60-71(4)5)70-93-97(86,87)91-66-72(79)65-90-96(84,85)92-69-73(67-88-75(80)61-56-51-46-41-36-26-23-20-17-14-11-8-3)94-77(82)63-58-53-48-43-38-31-25-22-19-16-13-10-7-2/h71-74,79H,6-70H2,1-5H3,(H,84,85)(H,86,87)/t72-,73+,74+/m0/s1. The number of aliphatic hydroxyl groups excluding tert-OH is 1. The molecule has 0 heterocycles. The summed E-state index contributed by atoms with van der Waals surface area (Å²) in [4.78, 5) is 72.9. The van der Waals surface area contributed by atoms with Gasteiger partial charge >= 0.3 is 39.5 Å². The van der Waals surface area contributed by atoms with Gasteiger partial charge in [0.25, 0.3) is 0 Å². The van der Waals surface area contributed by atoms with Crippen LogP contribution in [0.5, 0.6) is 0 Å². The number of ether oxygens (including phenoxy) is 4. The minimum absolute atomic E-state index is 0.108. The predicted octanol–water partition coefficient (Wildman–Crippen LogP) is 23.3. The first kappa shape index (κ1) is 95.1. The Bertz CT molecular complexity index is 1860. The molecule has 0 aromatic carbocycles. The molecule has 0 aliphatic heterocycles. The highest BCUT2D eigenvalue weighted by molar-refractivity contribution is 7.47. The summed E-state index contributed by atoms with van der Waals surface area (Å²) in [6.07, 6.45) is 60.8. The molecule has 0 fully saturated rings. The zero-order chi connectivity index (χ0) is 71.2. The highest BCUT2D eigenvalue weighted by Crippen LogP contribution is 2.45. The lowest BCUT2D eigenvalue weighted by Gasteiger charge is -2.21. The largest absolute Gasteiger partial charge is 0.472 e. The van der Waals surface area contributed by atoms with Gasteiger partial charge in [0.15, 0.2) is 12.2 Å². The van der Waals surface area contributed by atoms with Crippen LogP contribution in [-0.2, 0) is 65.4 Å². The molecule has 5 atom stereocenters. The molecule has 0 radical (unpaired) electrons. The summed E-state index contributed by atoms with van der Waals surface area (Å²) < 4.78 is 68.6. The minimum atomic E-state index is -4.96. The minimum Gasteiger partial charge on any atom is -0.462 e. The van der Waals surface area contributed by atoms with E-state index in [4.69, 9.17) is 37.0 Å². The SMILES string of the molecule is CCCCCCCCCCCCCCCCCCCC(=O)O[C@H](COC(=O)CCCCCCCCCCCCCCC(C)C)COP(=O)(O)OC[C@@H](O)COP(=O)(O)OC[C@@H](COC(=O)CCCCCCCCCCCCCC)OC(=O)CCCCCCCCCCCCCCC. The third-order valence-corrected chi connectivity index (χ3v) is 20.2. The number of phosphoric ester groups is 2. The van der Waals surface area contributed by atoms with Crippen LogP contribution in [0.3, 0.4) is 0 Å². The van der Waals surface area contributed by atoms with Gasteiger partial charge in [-0.1, -0.05) is 362 Å². The Hall–Kier alpha value is -1.94. The molecule has 0 spiro atoms. The van der Waals surface area contributed by atoms with Crippen LogP contribution in [0.25, 0.3) is 0 Å². The highest BCUT2D eigenvalue weighted by Gasteiger charge is 2.30. The first-order chi connectivity index (χ1) is 47.0. The van der Waals surface area contributed by atoms with Gasteiger partial charge in [-0.25, -0.2) is 9.13 Å². The number of rotatable bonds is 78. The lowest BCUT2D eigenvalue weighted by atomic mass is 10.0. The van der Waals surface area contributed by atoms with E-state index < -0.39 is 97.5 Å². The van der Waals surface area contributed by atoms with E-state index in [1.165, 1.54) is 238 Å². The molecule has 0 saturated heterocycles. The molecule has 19 heteroatoms. The zero-order valence-electron chi connectivity index (χ0n) is 63.2. The van der Waals surface area contributed by atoms with Crippen molar-refractivity contribution >= 4 is 39.5 Å². The summed E-state index contributed by atoms with van der Waals surface area (Å²) >= 11 is 0. The van der Waals surface area contributed by atoms with Crippen molar-refractivity contribution < 1.29 is 80.2 Å². The predicted molar refractivity (Wildman–Crippen MR) is 395 cm³/mol. The molecule has 0 bridgehead atoms. The fourth-order valence-electron chi connectivity index (χ4n) is 12.1. The van der Waals surface area contributed by atoms with E-state index in [9.17, 15) is 43.2 Å². The van der Waals surface area contributed by atoms with Crippen molar-refractivity contribution in [1.82, 2.24) is 0 Å². The zero-order valence-corrected chi connectivity index (χ0v) is 65.0. The van der Waals surface area contributed by atoms with Crippen LogP contribution in [0.2, 0.25) is 0 Å². The normalized spacial score (nSPS) is 13.9. The van der Waals surface area contributed by atoms with Crippen LogP contribution in [-0.4, -0.2) is 96.7 Å². The molecular formula is C78H152O17P2. The number of carbonyl (C=O) groups excluding carboxylic acids is 4. The molecule has 0 aromatic heterocycles. The first-order valence-corrected chi connectivity index (χ1v) is 43.6. The molecule has 576 valence electrons. The van der Waals surface area contributed by atoms with Crippen LogP contribution in [0.15, 0.2) is 0 Å². The monoisotopic (exact) mass is 1420 g/mol. The van der Waals surface area contributed by atoms with Crippen LogP contribution in [0.1, 0.15) is 413 Å². The van der Waals surface area contributed by atoms with Crippen molar-refractivity contribution in [2.24, 2.45) is 5.92 Å². The topological polar surface area (TPSA) is 237 Å². The van der Waals surface area contributed by atoms with Crippen molar-refractivity contribution in [3.63, 3.8) is 0 Å². The lowest BCUT2D eigenvalue weighted by molar-refractivity contribution is -0.161. The number of hydrogen-bond acceptors (Lipinski definition) is 15. The van der Waals surface area contributed by atoms with E-state index in [1.54, 1.807) is 0 Å². The average Bonchev–Trinajstić information content (AvgIpc) is 1.49. The van der Waals surface area contributed by atoms with E-state index in [2.05, 4.69) is 34.6 Å². The van der Waals surface area contributed by atoms with E-state index in [-0.39, 0.29) is 25.7 Å². The Kier molecular flexibility index (Phi) is 69.6. The van der Waals surface area contributed by atoms with Crippen molar-refractivity contribution in [3.8, 4) is 0 Å². The Balaban J connectivity index is 5.26. The van der Waals surface area contributed by atoms with Crippen molar-refractivity contribution in [2.75, 3.05) is 39.6 Å². The third-order valence-electron chi connectivity index (χ3n) is 18.3. The van der Waals surface area contributed by atoms with Gasteiger partial charge in [0.1, 0.15) is 19.3 Å². The lowest BCUT2D eigenvalue weighted by Crippen LogP contribution is -2.30. The molecule has 2 unspecified atom stereocenters. The van der Waals surface area contributed by atoms with Crippen LogP contribution in [0.4, 0.5) is 0 Å². The molecule has 17 nitrogen and oxygen atoms in total. The van der Waals surface area contributed by atoms with Crippen LogP contribution < -0.4 is 0 Å².